The molecule has 31 heavy (non-hydrogen) atoms. The van der Waals surface area contributed by atoms with E-state index in [0.29, 0.717) is 18.6 Å². The van der Waals surface area contributed by atoms with E-state index < -0.39 is 22.4 Å². The van der Waals surface area contributed by atoms with Gasteiger partial charge in [0.2, 0.25) is 5.60 Å². The maximum atomic E-state index is 13.4. The lowest BCUT2D eigenvalue weighted by molar-refractivity contribution is -0.176. The molecule has 2 bridgehead atoms. The van der Waals surface area contributed by atoms with Crippen LogP contribution in [0.4, 0.5) is 0 Å². The van der Waals surface area contributed by atoms with Crippen LogP contribution >= 0.6 is 10.5 Å². The van der Waals surface area contributed by atoms with Gasteiger partial charge in [0, 0.05) is 39.5 Å². The molecule has 2 aromatic carbocycles. The molecule has 2 heterocycles. The van der Waals surface area contributed by atoms with Crippen molar-refractivity contribution in [1.29, 1.82) is 0 Å². The molecule has 5 rings (SSSR count). The van der Waals surface area contributed by atoms with Crippen LogP contribution in [0.3, 0.4) is 0 Å². The summed E-state index contributed by atoms with van der Waals surface area (Å²) in [6.07, 6.45) is 1.14. The quantitative estimate of drug-likeness (QED) is 0.278. The highest BCUT2D eigenvalue weighted by Crippen LogP contribution is 2.65. The van der Waals surface area contributed by atoms with Gasteiger partial charge < -0.3 is 9.47 Å². The van der Waals surface area contributed by atoms with E-state index in [1.165, 1.54) is 15.0 Å². The zero-order valence-electron chi connectivity index (χ0n) is 18.6. The molecule has 4 nitrogen and oxygen atoms in total. The Morgan fingerprint density at radius 1 is 1.03 bits per heavy atom. The smallest absolute Gasteiger partial charge is 0.356 e. The number of rotatable bonds is 3. The van der Waals surface area contributed by atoms with Crippen LogP contribution in [0.1, 0.15) is 44.7 Å². The first kappa shape index (κ1) is 20.3. The van der Waals surface area contributed by atoms with Crippen molar-refractivity contribution in [3.8, 4) is 10.6 Å². The predicted octanol–water partition coefficient (Wildman–Crippen LogP) is 6.22. The van der Waals surface area contributed by atoms with E-state index in [1.807, 2.05) is 34.6 Å². The van der Waals surface area contributed by atoms with Crippen LogP contribution in [0.5, 0.6) is 5.75 Å². The monoisotopic (exact) mass is 435 g/mol. The number of aryl methyl sites for hydroxylation is 2. The van der Waals surface area contributed by atoms with Gasteiger partial charge >= 0.3 is 11.9 Å². The summed E-state index contributed by atoms with van der Waals surface area (Å²) in [5.41, 5.74) is -0.662. The van der Waals surface area contributed by atoms with Crippen molar-refractivity contribution in [1.82, 2.24) is 0 Å². The molecule has 1 aliphatic heterocycles. The first-order valence-electron chi connectivity index (χ1n) is 10.7. The van der Waals surface area contributed by atoms with Gasteiger partial charge in [-0.25, -0.2) is 4.79 Å². The molecule has 3 aromatic rings. The Hall–Kier alpha value is -2.66. The molecule has 1 saturated carbocycles. The Balaban J connectivity index is 1.50. The number of carbonyl (C=O) groups excluding carboxylic acids is 2. The van der Waals surface area contributed by atoms with Gasteiger partial charge in [-0.1, -0.05) is 26.0 Å². The van der Waals surface area contributed by atoms with Crippen molar-refractivity contribution < 1.29 is 19.1 Å². The molecule has 5 heteroatoms. The molecule has 0 radical (unpaired) electrons. The average molecular weight is 436 g/mol. The van der Waals surface area contributed by atoms with Crippen molar-refractivity contribution in [3.63, 3.8) is 0 Å². The van der Waals surface area contributed by atoms with Gasteiger partial charge in [0.1, 0.15) is 11.1 Å². The molecule has 1 saturated heterocycles. The molecular formula is C26H27O4S+. The summed E-state index contributed by atoms with van der Waals surface area (Å²) < 4.78 is 13.0. The summed E-state index contributed by atoms with van der Waals surface area (Å²) in [5, 5.41) is 3.49. The Labute approximate surface area is 185 Å². The van der Waals surface area contributed by atoms with Gasteiger partial charge in [0.05, 0.1) is 5.41 Å². The molecule has 0 N–H and O–H groups in total. The summed E-state index contributed by atoms with van der Waals surface area (Å²) in [6, 6.07) is 14.8. The number of ether oxygens (including phenoxy) is 2. The summed E-state index contributed by atoms with van der Waals surface area (Å²) in [6.45, 7) is 9.73. The Bertz CT molecular complexity index is 1230. The molecular weight excluding hydrogens is 408 g/mol. The number of hydrogen-bond donors (Lipinski definition) is 0. The number of benzene rings is 2. The third-order valence-corrected chi connectivity index (χ3v) is 9.83. The van der Waals surface area contributed by atoms with Crippen molar-refractivity contribution in [2.75, 3.05) is 0 Å². The van der Waals surface area contributed by atoms with Crippen LogP contribution in [-0.2, 0) is 14.3 Å². The van der Waals surface area contributed by atoms with E-state index >= 15 is 0 Å². The summed E-state index contributed by atoms with van der Waals surface area (Å²) in [4.78, 5) is 27.1. The van der Waals surface area contributed by atoms with Crippen LogP contribution in [0.2, 0.25) is 0 Å². The van der Waals surface area contributed by atoms with Gasteiger partial charge in [-0.3, -0.25) is 4.79 Å². The summed E-state index contributed by atoms with van der Waals surface area (Å²) in [5.74, 6) is -0.188. The van der Waals surface area contributed by atoms with E-state index in [9.17, 15) is 9.59 Å². The number of thiophene rings is 1. The first-order chi connectivity index (χ1) is 14.6. The third-order valence-electron chi connectivity index (χ3n) is 7.84. The van der Waals surface area contributed by atoms with Crippen LogP contribution in [-0.4, -0.2) is 17.5 Å². The number of carbonyl (C=O) groups is 2. The first-order valence-corrected chi connectivity index (χ1v) is 12.0. The van der Waals surface area contributed by atoms with Gasteiger partial charge in [-0.2, -0.15) is 0 Å². The van der Waals surface area contributed by atoms with Gasteiger partial charge in [0.15, 0.2) is 9.60 Å². The minimum absolute atomic E-state index is 0.126. The van der Waals surface area contributed by atoms with Crippen molar-refractivity contribution in [3.05, 3.63) is 59.0 Å². The molecule has 1 aromatic heterocycles. The molecule has 1 aliphatic carbocycles. The Morgan fingerprint density at radius 2 is 1.71 bits per heavy atom. The summed E-state index contributed by atoms with van der Waals surface area (Å²) >= 11 is 0. The fourth-order valence-electron chi connectivity index (χ4n) is 5.31. The lowest BCUT2D eigenvalue weighted by atomic mass is 9.66. The zero-order chi connectivity index (χ0) is 22.2. The van der Waals surface area contributed by atoms with Crippen LogP contribution < -0.4 is 4.74 Å². The fourth-order valence-corrected chi connectivity index (χ4v) is 7.38. The second-order valence-corrected chi connectivity index (χ2v) is 11.5. The second kappa shape index (κ2) is 6.42. The normalized spacial score (nSPS) is 26.9. The largest absolute Gasteiger partial charge is 0.446 e. The highest BCUT2D eigenvalue weighted by molar-refractivity contribution is 7.43. The van der Waals surface area contributed by atoms with Crippen molar-refractivity contribution in [2.45, 2.75) is 53.1 Å². The highest BCUT2D eigenvalue weighted by atomic mass is 32.2. The lowest BCUT2D eigenvalue weighted by Crippen LogP contribution is -2.50. The molecule has 160 valence electrons. The molecule has 2 fully saturated rings. The Morgan fingerprint density at radius 3 is 2.32 bits per heavy atom. The van der Waals surface area contributed by atoms with Gasteiger partial charge in [-0.05, 0) is 56.9 Å². The molecule has 2 aliphatic rings. The number of hydrogen-bond acceptors (Lipinski definition) is 4. The van der Waals surface area contributed by atoms with E-state index in [4.69, 9.17) is 9.47 Å². The molecule has 0 amide bonds. The minimum Gasteiger partial charge on any atom is -0.446 e. The van der Waals surface area contributed by atoms with E-state index in [1.54, 1.807) is 0 Å². The van der Waals surface area contributed by atoms with Crippen LogP contribution in [0.25, 0.3) is 15.0 Å². The number of esters is 2. The standard InChI is InChI=1S/C26H27O4S/c1-16-14-19(31-13-10-18-8-6-7-9-20(18)31)15-17(2)21(16)29-23(28)26-12-11-25(5,22(27)30-26)24(26,3)4/h6-10,13-15H,11-12H2,1-5H3/q+1. The van der Waals surface area contributed by atoms with E-state index in [2.05, 4.69) is 47.8 Å². The average Bonchev–Trinajstić information content (AvgIpc) is 3.28. The number of fused-ring (bicyclic) bond motifs is 3. The van der Waals surface area contributed by atoms with E-state index in [-0.39, 0.29) is 16.4 Å². The minimum atomic E-state index is -1.22. The van der Waals surface area contributed by atoms with Crippen LogP contribution in [0, 0.1) is 24.7 Å². The second-order valence-electron chi connectivity index (χ2n) is 9.63. The Kier molecular flexibility index (Phi) is 4.20. The SMILES string of the molecule is Cc1cc(-[s+]2ccc3ccccc32)cc(C)c1OC(=O)C12CCC(C)(C(=O)O1)C2(C)C. The zero-order valence-corrected chi connectivity index (χ0v) is 19.4. The van der Waals surface area contributed by atoms with Crippen molar-refractivity contribution in [2.24, 2.45) is 10.8 Å². The fraction of sp³-hybridized carbons (Fsp3) is 0.385. The summed E-state index contributed by atoms with van der Waals surface area (Å²) in [7, 11) is -0.126. The van der Waals surface area contributed by atoms with Crippen molar-refractivity contribution >= 4 is 32.5 Å². The van der Waals surface area contributed by atoms with E-state index in [0.717, 1.165) is 11.1 Å². The maximum Gasteiger partial charge on any atom is 0.356 e. The van der Waals surface area contributed by atoms with Gasteiger partial charge in [-0.15, -0.1) is 0 Å². The molecule has 3 atom stereocenters. The van der Waals surface area contributed by atoms with Crippen LogP contribution in [0.15, 0.2) is 47.8 Å². The van der Waals surface area contributed by atoms with Gasteiger partial charge in [0.25, 0.3) is 0 Å². The lowest BCUT2D eigenvalue weighted by Gasteiger charge is -2.34. The molecule has 0 spiro atoms. The maximum absolute atomic E-state index is 13.4. The predicted molar refractivity (Wildman–Crippen MR) is 123 cm³/mol. The highest BCUT2D eigenvalue weighted by Gasteiger charge is 2.76. The third kappa shape index (κ3) is 2.53. The molecule has 3 unspecified atom stereocenters. The topological polar surface area (TPSA) is 52.6 Å².